The van der Waals surface area contributed by atoms with E-state index >= 15 is 0 Å². The number of rotatable bonds is 7. The van der Waals surface area contributed by atoms with E-state index in [0.29, 0.717) is 13.0 Å². The molecule has 0 aliphatic carbocycles. The van der Waals surface area contributed by atoms with Crippen LogP contribution < -0.4 is 5.32 Å². The molecule has 3 unspecified atom stereocenters. The normalized spacial score (nSPS) is 23.6. The van der Waals surface area contributed by atoms with Crippen LogP contribution in [0.1, 0.15) is 6.42 Å². The lowest BCUT2D eigenvalue weighted by Gasteiger charge is -2.23. The quantitative estimate of drug-likeness (QED) is 0.658. The number of likely N-dealkylation sites (tertiary alicyclic amines) is 1. The molecule has 1 aliphatic heterocycles. The Bertz CT molecular complexity index is 338. The molecule has 0 aromatic rings. The van der Waals surface area contributed by atoms with E-state index in [1.54, 1.807) is 0 Å². The van der Waals surface area contributed by atoms with Gasteiger partial charge in [0.25, 0.3) is 0 Å². The number of urea groups is 1. The molecule has 0 aromatic carbocycles. The summed E-state index contributed by atoms with van der Waals surface area (Å²) in [5.41, 5.74) is 0. The van der Waals surface area contributed by atoms with Crippen LogP contribution in [0, 0.1) is 0 Å². The highest BCUT2D eigenvalue weighted by Crippen LogP contribution is 2.20. The predicted octanol–water partition coefficient (Wildman–Crippen LogP) is -0.469. The van der Waals surface area contributed by atoms with Crippen LogP contribution >= 0.6 is 0 Å². The number of methoxy groups -OCH3 is 3. The van der Waals surface area contributed by atoms with Gasteiger partial charge in [0.2, 0.25) is 0 Å². The lowest BCUT2D eigenvalue weighted by atomic mass is 10.2. The molecular weight excluding hydrogens is 268 g/mol. The first-order valence-corrected chi connectivity index (χ1v) is 6.35. The van der Waals surface area contributed by atoms with Gasteiger partial charge in [-0.2, -0.15) is 0 Å². The Labute approximate surface area is 118 Å². The third-order valence-corrected chi connectivity index (χ3v) is 3.31. The second-order valence-electron chi connectivity index (χ2n) is 4.60. The van der Waals surface area contributed by atoms with E-state index in [1.165, 1.54) is 26.2 Å². The number of carboxylic acid groups (broad SMARTS) is 1. The number of aliphatic carboxylic acids is 1. The predicted molar refractivity (Wildman–Crippen MR) is 69.6 cm³/mol. The first-order valence-electron chi connectivity index (χ1n) is 6.35. The van der Waals surface area contributed by atoms with Crippen LogP contribution in [0.4, 0.5) is 4.79 Å². The number of nitrogens with zero attached hydrogens (tertiary/aromatic N) is 1. The average Bonchev–Trinajstić information content (AvgIpc) is 2.87. The van der Waals surface area contributed by atoms with E-state index in [-0.39, 0.29) is 25.3 Å². The standard InChI is InChI=1S/C12H22N2O6/c1-18-7-9(20-3)5-13-12(17)14-6-8(19-2)4-10(14)11(15)16/h8-10H,4-7H2,1-3H3,(H,13,17)(H,15,16). The number of hydrogen-bond donors (Lipinski definition) is 2. The molecule has 1 fully saturated rings. The van der Waals surface area contributed by atoms with Crippen molar-refractivity contribution >= 4 is 12.0 Å². The van der Waals surface area contributed by atoms with Gasteiger partial charge in [0.05, 0.1) is 18.8 Å². The van der Waals surface area contributed by atoms with Gasteiger partial charge in [-0.05, 0) is 0 Å². The lowest BCUT2D eigenvalue weighted by Crippen LogP contribution is -2.48. The molecule has 8 heteroatoms. The molecule has 8 nitrogen and oxygen atoms in total. The lowest BCUT2D eigenvalue weighted by molar-refractivity contribution is -0.141. The summed E-state index contributed by atoms with van der Waals surface area (Å²) in [5.74, 6) is -1.03. The van der Waals surface area contributed by atoms with Gasteiger partial charge < -0.3 is 29.5 Å². The van der Waals surface area contributed by atoms with Crippen LogP contribution in [0.15, 0.2) is 0 Å². The third-order valence-electron chi connectivity index (χ3n) is 3.31. The topological polar surface area (TPSA) is 97.3 Å². The zero-order chi connectivity index (χ0) is 15.1. The Morgan fingerprint density at radius 2 is 2.10 bits per heavy atom. The number of carboxylic acids is 1. The molecule has 0 spiro atoms. The van der Waals surface area contributed by atoms with Gasteiger partial charge in [0, 0.05) is 40.8 Å². The minimum atomic E-state index is -1.03. The number of amides is 2. The number of nitrogens with one attached hydrogen (secondary N) is 1. The zero-order valence-corrected chi connectivity index (χ0v) is 12.0. The van der Waals surface area contributed by atoms with Crippen molar-refractivity contribution in [3.8, 4) is 0 Å². The van der Waals surface area contributed by atoms with Gasteiger partial charge in [0.1, 0.15) is 6.04 Å². The number of carbonyl (C=O) groups excluding carboxylic acids is 1. The van der Waals surface area contributed by atoms with E-state index in [1.807, 2.05) is 0 Å². The largest absolute Gasteiger partial charge is 0.480 e. The minimum absolute atomic E-state index is 0.251. The second-order valence-corrected chi connectivity index (χ2v) is 4.60. The summed E-state index contributed by atoms with van der Waals surface area (Å²) in [5, 5.41) is 11.8. The van der Waals surface area contributed by atoms with E-state index < -0.39 is 18.0 Å². The Hall–Kier alpha value is -1.38. The fourth-order valence-corrected chi connectivity index (χ4v) is 2.13. The summed E-state index contributed by atoms with van der Waals surface area (Å²) >= 11 is 0. The fourth-order valence-electron chi connectivity index (χ4n) is 2.13. The average molecular weight is 290 g/mol. The summed E-state index contributed by atoms with van der Waals surface area (Å²) in [7, 11) is 4.56. The molecule has 0 radical (unpaired) electrons. The van der Waals surface area contributed by atoms with Crippen molar-refractivity contribution in [3.05, 3.63) is 0 Å². The molecule has 1 heterocycles. The van der Waals surface area contributed by atoms with Crippen LogP contribution in [-0.2, 0) is 19.0 Å². The van der Waals surface area contributed by atoms with Gasteiger partial charge in [0.15, 0.2) is 0 Å². The maximum Gasteiger partial charge on any atom is 0.326 e. The van der Waals surface area contributed by atoms with E-state index in [9.17, 15) is 9.59 Å². The van der Waals surface area contributed by atoms with Gasteiger partial charge in [-0.3, -0.25) is 0 Å². The summed E-state index contributed by atoms with van der Waals surface area (Å²) in [4.78, 5) is 24.5. The maximum atomic E-state index is 12.0. The third kappa shape index (κ3) is 4.32. The Morgan fingerprint density at radius 1 is 1.40 bits per heavy atom. The van der Waals surface area contributed by atoms with Gasteiger partial charge in [-0.25, -0.2) is 9.59 Å². The van der Waals surface area contributed by atoms with Crippen molar-refractivity contribution in [2.24, 2.45) is 0 Å². The summed E-state index contributed by atoms with van der Waals surface area (Å²) in [6.07, 6.45) is -0.225. The monoisotopic (exact) mass is 290 g/mol. The van der Waals surface area contributed by atoms with Gasteiger partial charge in [-0.15, -0.1) is 0 Å². The van der Waals surface area contributed by atoms with E-state index in [4.69, 9.17) is 19.3 Å². The first-order chi connectivity index (χ1) is 9.53. The van der Waals surface area contributed by atoms with Crippen molar-refractivity contribution in [1.82, 2.24) is 10.2 Å². The van der Waals surface area contributed by atoms with Crippen LogP contribution in [0.5, 0.6) is 0 Å². The van der Waals surface area contributed by atoms with Crippen molar-refractivity contribution in [1.29, 1.82) is 0 Å². The van der Waals surface area contributed by atoms with Crippen LogP contribution in [0.25, 0.3) is 0 Å². The summed E-state index contributed by atoms with van der Waals surface area (Å²) in [6.45, 7) is 0.866. The summed E-state index contributed by atoms with van der Waals surface area (Å²) < 4.78 is 15.2. The molecule has 0 saturated carbocycles. The van der Waals surface area contributed by atoms with Crippen molar-refractivity contribution in [3.63, 3.8) is 0 Å². The molecule has 2 amide bonds. The first kappa shape index (κ1) is 16.7. The summed E-state index contributed by atoms with van der Waals surface area (Å²) in [6, 6.07) is -1.29. The Kier molecular flexibility index (Phi) is 6.69. The smallest absolute Gasteiger partial charge is 0.326 e. The molecule has 1 saturated heterocycles. The number of ether oxygens (including phenoxy) is 3. The van der Waals surface area contributed by atoms with Gasteiger partial charge >= 0.3 is 12.0 Å². The highest BCUT2D eigenvalue weighted by Gasteiger charge is 2.39. The van der Waals surface area contributed by atoms with Crippen molar-refractivity contribution < 1.29 is 28.9 Å². The highest BCUT2D eigenvalue weighted by molar-refractivity contribution is 5.83. The SMILES string of the molecule is COCC(CNC(=O)N1CC(OC)CC1C(=O)O)OC. The van der Waals surface area contributed by atoms with Crippen LogP contribution in [0.3, 0.4) is 0 Å². The Morgan fingerprint density at radius 3 is 2.60 bits per heavy atom. The zero-order valence-electron chi connectivity index (χ0n) is 12.0. The number of carbonyl (C=O) groups is 2. The molecule has 0 aromatic heterocycles. The van der Waals surface area contributed by atoms with E-state index in [2.05, 4.69) is 5.32 Å². The second kappa shape index (κ2) is 8.03. The Balaban J connectivity index is 2.54. The fraction of sp³-hybridized carbons (Fsp3) is 0.833. The molecule has 0 bridgehead atoms. The molecule has 1 aliphatic rings. The molecule has 1 rings (SSSR count). The molecular formula is C12H22N2O6. The molecule has 116 valence electrons. The molecule has 2 N–H and O–H groups in total. The van der Waals surface area contributed by atoms with Crippen molar-refractivity contribution in [2.75, 3.05) is 41.0 Å². The van der Waals surface area contributed by atoms with Gasteiger partial charge in [-0.1, -0.05) is 0 Å². The maximum absolute atomic E-state index is 12.0. The van der Waals surface area contributed by atoms with E-state index in [0.717, 1.165) is 0 Å². The van der Waals surface area contributed by atoms with Crippen LogP contribution in [0.2, 0.25) is 0 Å². The molecule has 20 heavy (non-hydrogen) atoms. The highest BCUT2D eigenvalue weighted by atomic mass is 16.5. The number of hydrogen-bond acceptors (Lipinski definition) is 5. The van der Waals surface area contributed by atoms with Crippen LogP contribution in [-0.4, -0.2) is 81.3 Å². The molecule has 3 atom stereocenters. The van der Waals surface area contributed by atoms with Crippen molar-refractivity contribution in [2.45, 2.75) is 24.7 Å². The minimum Gasteiger partial charge on any atom is -0.480 e.